The molecule has 0 bridgehead atoms. The van der Waals surface area contributed by atoms with Crippen LogP contribution in [0.25, 0.3) is 0 Å². The Balaban J connectivity index is 1.99. The number of rotatable bonds is 1. The third-order valence-corrected chi connectivity index (χ3v) is 4.07. The standard InChI is InChI=1S/C10H13ClS/c11-9-5-3-8(4-6-9)10-2-1-7-12-10/h1-2,7-9H,3-6H2. The monoisotopic (exact) mass is 200 g/mol. The summed E-state index contributed by atoms with van der Waals surface area (Å²) >= 11 is 7.93. The molecule has 0 saturated heterocycles. The van der Waals surface area contributed by atoms with E-state index in [0.717, 1.165) is 5.92 Å². The Morgan fingerprint density at radius 3 is 2.58 bits per heavy atom. The van der Waals surface area contributed by atoms with Gasteiger partial charge in [0.25, 0.3) is 0 Å². The highest BCUT2D eigenvalue weighted by Crippen LogP contribution is 2.36. The molecular formula is C10H13ClS. The van der Waals surface area contributed by atoms with Crippen LogP contribution in [0.4, 0.5) is 0 Å². The van der Waals surface area contributed by atoms with Gasteiger partial charge in [-0.2, -0.15) is 0 Å². The zero-order valence-corrected chi connectivity index (χ0v) is 8.57. The van der Waals surface area contributed by atoms with E-state index in [1.807, 2.05) is 11.3 Å². The second-order valence-corrected chi connectivity index (χ2v) is 5.06. The largest absolute Gasteiger partial charge is 0.149 e. The third-order valence-electron chi connectivity index (χ3n) is 2.60. The summed E-state index contributed by atoms with van der Waals surface area (Å²) in [5, 5.41) is 2.61. The zero-order valence-electron chi connectivity index (χ0n) is 7.00. The molecule has 1 heterocycles. The van der Waals surface area contributed by atoms with E-state index in [2.05, 4.69) is 17.5 Å². The van der Waals surface area contributed by atoms with Gasteiger partial charge in [0.1, 0.15) is 0 Å². The molecule has 0 radical (unpaired) electrons. The van der Waals surface area contributed by atoms with Gasteiger partial charge in [-0.1, -0.05) is 6.07 Å². The number of alkyl halides is 1. The maximum Gasteiger partial charge on any atom is 0.0336 e. The summed E-state index contributed by atoms with van der Waals surface area (Å²) in [6.07, 6.45) is 4.97. The van der Waals surface area contributed by atoms with Crippen molar-refractivity contribution in [3.63, 3.8) is 0 Å². The van der Waals surface area contributed by atoms with E-state index in [-0.39, 0.29) is 0 Å². The minimum Gasteiger partial charge on any atom is -0.149 e. The van der Waals surface area contributed by atoms with Gasteiger partial charge in [0.05, 0.1) is 0 Å². The Morgan fingerprint density at radius 2 is 2.00 bits per heavy atom. The van der Waals surface area contributed by atoms with Crippen LogP contribution >= 0.6 is 22.9 Å². The molecule has 0 amide bonds. The molecule has 1 fully saturated rings. The van der Waals surface area contributed by atoms with Crippen molar-refractivity contribution >= 4 is 22.9 Å². The van der Waals surface area contributed by atoms with Gasteiger partial charge >= 0.3 is 0 Å². The molecule has 1 aromatic rings. The Hall–Kier alpha value is -0.0100. The smallest absolute Gasteiger partial charge is 0.0336 e. The van der Waals surface area contributed by atoms with Crippen LogP contribution in [0, 0.1) is 0 Å². The molecule has 0 aliphatic heterocycles. The van der Waals surface area contributed by atoms with E-state index in [1.54, 1.807) is 4.88 Å². The summed E-state index contributed by atoms with van der Waals surface area (Å²) in [7, 11) is 0. The molecule has 0 aromatic carbocycles. The second-order valence-electron chi connectivity index (χ2n) is 3.46. The van der Waals surface area contributed by atoms with Crippen LogP contribution in [0.2, 0.25) is 0 Å². The van der Waals surface area contributed by atoms with Crippen LogP contribution in [-0.4, -0.2) is 5.38 Å². The molecular weight excluding hydrogens is 188 g/mol. The average Bonchev–Trinajstić information content (AvgIpc) is 2.58. The maximum atomic E-state index is 6.05. The van der Waals surface area contributed by atoms with Gasteiger partial charge in [-0.25, -0.2) is 0 Å². The van der Waals surface area contributed by atoms with Crippen molar-refractivity contribution in [2.45, 2.75) is 37.0 Å². The Morgan fingerprint density at radius 1 is 1.25 bits per heavy atom. The highest BCUT2D eigenvalue weighted by Gasteiger charge is 2.20. The van der Waals surface area contributed by atoms with Gasteiger partial charge in [0.2, 0.25) is 0 Å². The molecule has 1 aliphatic rings. The fourth-order valence-corrected chi connectivity index (χ4v) is 3.01. The lowest BCUT2D eigenvalue weighted by atomic mass is 9.88. The minimum atomic E-state index is 0.446. The molecule has 0 atom stereocenters. The van der Waals surface area contributed by atoms with Crippen molar-refractivity contribution in [2.75, 3.05) is 0 Å². The number of hydrogen-bond donors (Lipinski definition) is 0. The van der Waals surface area contributed by atoms with E-state index >= 15 is 0 Å². The van der Waals surface area contributed by atoms with Crippen molar-refractivity contribution in [2.24, 2.45) is 0 Å². The fourth-order valence-electron chi connectivity index (χ4n) is 1.86. The summed E-state index contributed by atoms with van der Waals surface area (Å²) < 4.78 is 0. The first-order valence-electron chi connectivity index (χ1n) is 4.54. The normalized spacial score (nSPS) is 30.4. The lowest BCUT2D eigenvalue weighted by molar-refractivity contribution is 0.454. The first kappa shape index (κ1) is 8.58. The summed E-state index contributed by atoms with van der Waals surface area (Å²) in [4.78, 5) is 1.55. The minimum absolute atomic E-state index is 0.446. The lowest BCUT2D eigenvalue weighted by Gasteiger charge is -2.23. The van der Waals surface area contributed by atoms with Crippen molar-refractivity contribution in [3.8, 4) is 0 Å². The van der Waals surface area contributed by atoms with Crippen LogP contribution in [0.3, 0.4) is 0 Å². The molecule has 0 nitrogen and oxygen atoms in total. The highest BCUT2D eigenvalue weighted by atomic mass is 35.5. The van der Waals surface area contributed by atoms with Crippen LogP contribution in [0.5, 0.6) is 0 Å². The molecule has 1 aromatic heterocycles. The van der Waals surface area contributed by atoms with Crippen LogP contribution in [0.1, 0.15) is 36.5 Å². The maximum absolute atomic E-state index is 6.05. The van der Waals surface area contributed by atoms with Gasteiger partial charge in [-0.15, -0.1) is 22.9 Å². The van der Waals surface area contributed by atoms with E-state index in [4.69, 9.17) is 11.6 Å². The van der Waals surface area contributed by atoms with Gasteiger partial charge in [0, 0.05) is 10.3 Å². The Labute approximate surface area is 82.6 Å². The van der Waals surface area contributed by atoms with E-state index in [0.29, 0.717) is 5.38 Å². The Kier molecular flexibility index (Phi) is 2.72. The third kappa shape index (κ3) is 1.83. The lowest BCUT2D eigenvalue weighted by Crippen LogP contribution is -2.11. The number of halogens is 1. The number of hydrogen-bond acceptors (Lipinski definition) is 1. The first-order chi connectivity index (χ1) is 5.86. The molecule has 1 saturated carbocycles. The summed E-state index contributed by atoms with van der Waals surface area (Å²) in [6.45, 7) is 0. The molecule has 2 rings (SSSR count). The fraction of sp³-hybridized carbons (Fsp3) is 0.600. The van der Waals surface area contributed by atoms with Crippen molar-refractivity contribution in [3.05, 3.63) is 22.4 Å². The van der Waals surface area contributed by atoms with E-state index < -0.39 is 0 Å². The van der Waals surface area contributed by atoms with Crippen LogP contribution < -0.4 is 0 Å². The van der Waals surface area contributed by atoms with Gasteiger partial charge in [0.15, 0.2) is 0 Å². The molecule has 2 heteroatoms. The molecule has 66 valence electrons. The predicted octanol–water partition coefficient (Wildman–Crippen LogP) is 4.01. The van der Waals surface area contributed by atoms with E-state index in [9.17, 15) is 0 Å². The van der Waals surface area contributed by atoms with Crippen LogP contribution in [-0.2, 0) is 0 Å². The quantitative estimate of drug-likeness (QED) is 0.601. The van der Waals surface area contributed by atoms with Crippen molar-refractivity contribution in [1.29, 1.82) is 0 Å². The molecule has 0 spiro atoms. The van der Waals surface area contributed by atoms with Gasteiger partial charge < -0.3 is 0 Å². The second kappa shape index (κ2) is 3.80. The number of thiophene rings is 1. The van der Waals surface area contributed by atoms with Gasteiger partial charge in [-0.3, -0.25) is 0 Å². The van der Waals surface area contributed by atoms with Gasteiger partial charge in [-0.05, 0) is 43.0 Å². The Bertz CT molecular complexity index is 222. The summed E-state index contributed by atoms with van der Waals surface area (Å²) in [5.74, 6) is 0.806. The SMILES string of the molecule is ClC1CCC(c2cccs2)CC1. The summed E-state index contributed by atoms with van der Waals surface area (Å²) in [6, 6.07) is 4.40. The van der Waals surface area contributed by atoms with E-state index in [1.165, 1.54) is 25.7 Å². The highest BCUT2D eigenvalue weighted by molar-refractivity contribution is 7.10. The van der Waals surface area contributed by atoms with Crippen molar-refractivity contribution < 1.29 is 0 Å². The molecule has 12 heavy (non-hydrogen) atoms. The zero-order chi connectivity index (χ0) is 8.39. The predicted molar refractivity (Wildman–Crippen MR) is 55.2 cm³/mol. The first-order valence-corrected chi connectivity index (χ1v) is 5.85. The van der Waals surface area contributed by atoms with Crippen molar-refractivity contribution in [1.82, 2.24) is 0 Å². The average molecular weight is 201 g/mol. The topological polar surface area (TPSA) is 0 Å². The molecule has 0 unspecified atom stereocenters. The molecule has 1 aliphatic carbocycles. The van der Waals surface area contributed by atoms with Crippen LogP contribution in [0.15, 0.2) is 17.5 Å². The summed E-state index contributed by atoms with van der Waals surface area (Å²) in [5.41, 5.74) is 0. The molecule has 0 N–H and O–H groups in total.